The van der Waals surface area contributed by atoms with Crippen LogP contribution in [0.5, 0.6) is 5.75 Å². The van der Waals surface area contributed by atoms with Crippen molar-refractivity contribution < 1.29 is 14.3 Å². The van der Waals surface area contributed by atoms with Crippen LogP contribution in [-0.4, -0.2) is 43.5 Å². The number of carbonyl (C=O) groups is 2. The molecule has 1 fully saturated rings. The van der Waals surface area contributed by atoms with E-state index in [-0.39, 0.29) is 17.7 Å². The summed E-state index contributed by atoms with van der Waals surface area (Å²) in [6.07, 6.45) is 2.25. The molecule has 1 aliphatic rings. The van der Waals surface area contributed by atoms with E-state index in [4.69, 9.17) is 4.74 Å². The van der Waals surface area contributed by atoms with Crippen molar-refractivity contribution in [3.05, 3.63) is 29.3 Å². The fourth-order valence-corrected chi connectivity index (χ4v) is 3.25. The second-order valence-electron chi connectivity index (χ2n) is 7.05. The van der Waals surface area contributed by atoms with E-state index in [1.54, 1.807) is 14.0 Å². The zero-order valence-electron chi connectivity index (χ0n) is 15.8. The predicted octanol–water partition coefficient (Wildman–Crippen LogP) is 2.74. The normalized spacial score (nSPS) is 15.3. The minimum Gasteiger partial charge on any atom is -0.496 e. The number of nitrogens with one attached hydrogen (secondary N) is 1. The molecule has 0 aliphatic carbocycles. The fraction of sp³-hybridized carbons (Fsp3) is 0.600. The summed E-state index contributed by atoms with van der Waals surface area (Å²) in [6.45, 7) is 7.86. The third kappa shape index (κ3) is 5.21. The van der Waals surface area contributed by atoms with Crippen molar-refractivity contribution in [1.82, 2.24) is 10.2 Å². The highest BCUT2D eigenvalue weighted by atomic mass is 16.5. The van der Waals surface area contributed by atoms with Crippen LogP contribution in [0.15, 0.2) is 18.2 Å². The zero-order valence-corrected chi connectivity index (χ0v) is 15.8. The smallest absolute Gasteiger partial charge is 0.223 e. The molecule has 138 valence electrons. The molecule has 0 atom stereocenters. The minimum absolute atomic E-state index is 0.0146. The molecular formula is C20H30N2O3. The molecular weight excluding hydrogens is 316 g/mol. The van der Waals surface area contributed by atoms with Crippen molar-refractivity contribution in [2.75, 3.05) is 26.7 Å². The van der Waals surface area contributed by atoms with Crippen molar-refractivity contribution >= 4 is 11.8 Å². The Morgan fingerprint density at radius 2 is 1.96 bits per heavy atom. The molecule has 1 aromatic carbocycles. The lowest BCUT2D eigenvalue weighted by molar-refractivity contribution is -0.133. The summed E-state index contributed by atoms with van der Waals surface area (Å²) in [5.74, 6) is 1.55. The van der Waals surface area contributed by atoms with Crippen LogP contribution in [0.4, 0.5) is 0 Å². The Balaban J connectivity index is 1.82. The first kappa shape index (κ1) is 19.3. The summed E-state index contributed by atoms with van der Waals surface area (Å²) in [4.78, 5) is 25.5. The average Bonchev–Trinajstić information content (AvgIpc) is 2.61. The number of piperidine rings is 1. The van der Waals surface area contributed by atoms with E-state index in [1.807, 2.05) is 4.90 Å². The number of likely N-dealkylation sites (tertiary alicyclic amines) is 1. The number of carbonyl (C=O) groups excluding carboxylic acids is 2. The van der Waals surface area contributed by atoms with Gasteiger partial charge in [0.15, 0.2) is 0 Å². The number of benzene rings is 1. The van der Waals surface area contributed by atoms with Gasteiger partial charge < -0.3 is 15.0 Å². The lowest BCUT2D eigenvalue weighted by atomic mass is 9.95. The molecule has 1 aromatic rings. The third-order valence-corrected chi connectivity index (χ3v) is 4.98. The molecule has 2 amide bonds. The number of rotatable bonds is 6. The number of hydrogen-bond donors (Lipinski definition) is 1. The minimum atomic E-state index is 0.0146. The first-order valence-corrected chi connectivity index (χ1v) is 9.12. The maximum absolute atomic E-state index is 12.3. The highest BCUT2D eigenvalue weighted by molar-refractivity contribution is 5.79. The molecule has 0 spiro atoms. The van der Waals surface area contributed by atoms with Crippen molar-refractivity contribution in [3.8, 4) is 5.75 Å². The summed E-state index contributed by atoms with van der Waals surface area (Å²) in [7, 11) is 1.68. The maximum Gasteiger partial charge on any atom is 0.223 e. The van der Waals surface area contributed by atoms with Gasteiger partial charge in [-0.15, -0.1) is 0 Å². The van der Waals surface area contributed by atoms with Crippen molar-refractivity contribution in [1.29, 1.82) is 0 Å². The molecule has 0 radical (unpaired) electrons. The van der Waals surface area contributed by atoms with Crippen LogP contribution in [-0.2, 0) is 16.0 Å². The number of amides is 2. The Kier molecular flexibility index (Phi) is 6.85. The van der Waals surface area contributed by atoms with E-state index in [1.165, 1.54) is 5.56 Å². The largest absolute Gasteiger partial charge is 0.496 e. The summed E-state index contributed by atoms with van der Waals surface area (Å²) in [6, 6.07) is 6.30. The number of nitrogens with zero attached hydrogens (tertiary/aromatic N) is 1. The van der Waals surface area contributed by atoms with Gasteiger partial charge in [0.05, 0.1) is 7.11 Å². The number of ether oxygens (including phenoxy) is 1. The van der Waals surface area contributed by atoms with Gasteiger partial charge in [-0.2, -0.15) is 0 Å². The Labute approximate surface area is 150 Å². The Morgan fingerprint density at radius 3 is 2.52 bits per heavy atom. The van der Waals surface area contributed by atoms with Crippen molar-refractivity contribution in [2.45, 2.75) is 46.0 Å². The van der Waals surface area contributed by atoms with E-state index in [2.05, 4.69) is 37.4 Å². The van der Waals surface area contributed by atoms with Crippen molar-refractivity contribution in [3.63, 3.8) is 0 Å². The van der Waals surface area contributed by atoms with E-state index in [0.717, 1.165) is 30.6 Å². The summed E-state index contributed by atoms with van der Waals surface area (Å²) in [5, 5.41) is 3.04. The van der Waals surface area contributed by atoms with Gasteiger partial charge >= 0.3 is 0 Å². The topological polar surface area (TPSA) is 58.6 Å². The fourth-order valence-electron chi connectivity index (χ4n) is 3.25. The highest BCUT2D eigenvalue weighted by Crippen LogP contribution is 2.25. The first-order valence-electron chi connectivity index (χ1n) is 9.12. The van der Waals surface area contributed by atoms with Crippen LogP contribution in [0.1, 0.15) is 50.7 Å². The van der Waals surface area contributed by atoms with Crippen LogP contribution < -0.4 is 10.1 Å². The SMILES string of the molecule is COc1cc(C(C)C)ccc1CCNC(=O)C1CCN(C(C)=O)CC1. The predicted molar refractivity (Wildman–Crippen MR) is 98.8 cm³/mol. The molecule has 0 bridgehead atoms. The Hall–Kier alpha value is -2.04. The van der Waals surface area contributed by atoms with E-state index >= 15 is 0 Å². The monoisotopic (exact) mass is 346 g/mol. The average molecular weight is 346 g/mol. The molecule has 25 heavy (non-hydrogen) atoms. The number of hydrogen-bond acceptors (Lipinski definition) is 3. The van der Waals surface area contributed by atoms with E-state index in [0.29, 0.717) is 25.6 Å². The second-order valence-corrected chi connectivity index (χ2v) is 7.05. The van der Waals surface area contributed by atoms with Gasteiger partial charge in [-0.1, -0.05) is 26.0 Å². The lowest BCUT2D eigenvalue weighted by Gasteiger charge is -2.30. The quantitative estimate of drug-likeness (QED) is 0.862. The third-order valence-electron chi connectivity index (χ3n) is 4.98. The summed E-state index contributed by atoms with van der Waals surface area (Å²) < 4.78 is 5.49. The number of methoxy groups -OCH3 is 1. The molecule has 1 heterocycles. The second kappa shape index (κ2) is 8.88. The van der Waals surface area contributed by atoms with Gasteiger partial charge in [-0.25, -0.2) is 0 Å². The lowest BCUT2D eigenvalue weighted by Crippen LogP contribution is -2.42. The molecule has 5 nitrogen and oxygen atoms in total. The van der Waals surface area contributed by atoms with Gasteiger partial charge in [0, 0.05) is 32.5 Å². The van der Waals surface area contributed by atoms with Crippen molar-refractivity contribution in [2.24, 2.45) is 5.92 Å². The molecule has 1 saturated heterocycles. The van der Waals surface area contributed by atoms with Crippen LogP contribution in [0.3, 0.4) is 0 Å². The van der Waals surface area contributed by atoms with Gasteiger partial charge in [0.1, 0.15) is 5.75 Å². The molecule has 2 rings (SSSR count). The molecule has 1 aliphatic heterocycles. The molecule has 1 N–H and O–H groups in total. The Bertz CT molecular complexity index is 605. The van der Waals surface area contributed by atoms with Crippen LogP contribution in [0, 0.1) is 5.92 Å². The zero-order chi connectivity index (χ0) is 18.4. The highest BCUT2D eigenvalue weighted by Gasteiger charge is 2.25. The standard InChI is InChI=1S/C20H30N2O3/c1-14(2)18-6-5-16(19(13-18)25-4)7-10-21-20(24)17-8-11-22(12-9-17)15(3)23/h5-6,13-14,17H,7-12H2,1-4H3,(H,21,24). The summed E-state index contributed by atoms with van der Waals surface area (Å²) in [5.41, 5.74) is 2.36. The van der Waals surface area contributed by atoms with E-state index in [9.17, 15) is 9.59 Å². The van der Waals surface area contributed by atoms with Gasteiger partial charge in [-0.05, 0) is 42.4 Å². The molecule has 0 aromatic heterocycles. The van der Waals surface area contributed by atoms with Crippen LogP contribution in [0.25, 0.3) is 0 Å². The molecule has 0 unspecified atom stereocenters. The summed E-state index contributed by atoms with van der Waals surface area (Å²) >= 11 is 0. The van der Waals surface area contributed by atoms with Gasteiger partial charge in [0.25, 0.3) is 0 Å². The first-order chi connectivity index (χ1) is 11.9. The maximum atomic E-state index is 12.3. The van der Waals surface area contributed by atoms with Crippen LogP contribution >= 0.6 is 0 Å². The van der Waals surface area contributed by atoms with E-state index < -0.39 is 0 Å². The Morgan fingerprint density at radius 1 is 1.28 bits per heavy atom. The van der Waals surface area contributed by atoms with Gasteiger partial charge in [0.2, 0.25) is 11.8 Å². The van der Waals surface area contributed by atoms with Crippen LogP contribution in [0.2, 0.25) is 0 Å². The molecule has 0 saturated carbocycles. The van der Waals surface area contributed by atoms with Gasteiger partial charge in [-0.3, -0.25) is 9.59 Å². The molecule has 5 heteroatoms.